The number of unbranched alkanes of at least 4 members (excludes halogenated alkanes) is 2. The number of carbonyl (C=O) groups is 2. The van der Waals surface area contributed by atoms with Gasteiger partial charge in [0.15, 0.2) is 4.34 Å². The van der Waals surface area contributed by atoms with E-state index >= 15 is 0 Å². The van der Waals surface area contributed by atoms with Gasteiger partial charge in [-0.2, -0.15) is 0 Å². The van der Waals surface area contributed by atoms with Crippen molar-refractivity contribution in [2.24, 2.45) is 0 Å². The zero-order valence-electron chi connectivity index (χ0n) is 27.7. The molecule has 50 heavy (non-hydrogen) atoms. The third kappa shape index (κ3) is 8.06. The van der Waals surface area contributed by atoms with Crippen molar-refractivity contribution in [3.8, 4) is 11.5 Å². The quantitative estimate of drug-likeness (QED) is 0.0304. The summed E-state index contributed by atoms with van der Waals surface area (Å²) >= 11 is 2.40. The summed E-state index contributed by atoms with van der Waals surface area (Å²) in [7, 11) is 0. The number of nitrogens with zero attached hydrogens (tertiary/aromatic N) is 3. The smallest absolute Gasteiger partial charge is 0.301 e. The second-order valence-corrected chi connectivity index (χ2v) is 14.0. The first kappa shape index (κ1) is 34.8. The standard InChI is InChI=1S/C39H36FN3O5S2/c1-3-4-7-21-47-30-17-13-27(14-18-30)34-33(35(44)28-15-19-31(20-16-28)48-23-26-10-8-9-25(2)22-26)36(45)37(46)43(34)38-41-42-39(50-38)49-24-29-11-5-6-12-32(29)40/h5-6,8-20,22,34,44H,3-4,7,21,23-24H2,1-2H3. The van der Waals surface area contributed by atoms with E-state index in [1.165, 1.54) is 22.7 Å². The van der Waals surface area contributed by atoms with E-state index in [1.807, 2.05) is 31.2 Å². The number of rotatable bonds is 14. The number of aliphatic hydroxyl groups is 1. The van der Waals surface area contributed by atoms with Gasteiger partial charge in [0.25, 0.3) is 5.78 Å². The van der Waals surface area contributed by atoms with E-state index in [-0.39, 0.29) is 22.3 Å². The summed E-state index contributed by atoms with van der Waals surface area (Å²) in [6.45, 7) is 5.10. The van der Waals surface area contributed by atoms with Crippen LogP contribution in [0.1, 0.15) is 60.0 Å². The van der Waals surface area contributed by atoms with Crippen LogP contribution < -0.4 is 14.4 Å². The number of carbonyl (C=O) groups excluding carboxylic acids is 2. The second kappa shape index (κ2) is 16.1. The molecule has 0 saturated carbocycles. The van der Waals surface area contributed by atoms with E-state index in [9.17, 15) is 19.1 Å². The SMILES string of the molecule is CCCCCOc1ccc(C2C(=C(O)c3ccc(OCc4cccc(C)c4)cc3)C(=O)C(=O)N2c2nnc(SCc3ccccc3F)s2)cc1. The first-order valence-corrected chi connectivity index (χ1v) is 18.1. The van der Waals surface area contributed by atoms with Gasteiger partial charge >= 0.3 is 5.91 Å². The number of anilines is 1. The number of halogens is 1. The van der Waals surface area contributed by atoms with Crippen LogP contribution in [-0.2, 0) is 21.9 Å². The number of hydrogen-bond acceptors (Lipinski definition) is 9. The maximum absolute atomic E-state index is 14.2. The van der Waals surface area contributed by atoms with Gasteiger partial charge in [0.2, 0.25) is 5.13 Å². The maximum Gasteiger partial charge on any atom is 0.301 e. The number of thioether (sulfide) groups is 1. The average Bonchev–Trinajstić information content (AvgIpc) is 3.70. The molecule has 1 aliphatic heterocycles. The van der Waals surface area contributed by atoms with Crippen molar-refractivity contribution in [3.63, 3.8) is 0 Å². The van der Waals surface area contributed by atoms with Crippen molar-refractivity contribution in [3.05, 3.63) is 136 Å². The number of hydrogen-bond donors (Lipinski definition) is 1. The number of ether oxygens (including phenoxy) is 2. The van der Waals surface area contributed by atoms with Gasteiger partial charge in [0.1, 0.15) is 29.7 Å². The molecule has 1 aromatic heterocycles. The van der Waals surface area contributed by atoms with Gasteiger partial charge in [-0.05, 0) is 72.5 Å². The fourth-order valence-corrected chi connectivity index (χ4v) is 7.43. The van der Waals surface area contributed by atoms with Crippen LogP contribution in [0.3, 0.4) is 0 Å². The zero-order chi connectivity index (χ0) is 35.0. The molecule has 256 valence electrons. The van der Waals surface area contributed by atoms with Gasteiger partial charge < -0.3 is 14.6 Å². The van der Waals surface area contributed by atoms with Crippen LogP contribution in [0, 0.1) is 12.7 Å². The molecular formula is C39H36FN3O5S2. The molecule has 1 unspecified atom stereocenters. The topological polar surface area (TPSA) is 102 Å². The second-order valence-electron chi connectivity index (χ2n) is 11.8. The lowest BCUT2D eigenvalue weighted by molar-refractivity contribution is -0.132. The number of amides is 1. The molecule has 5 aromatic rings. The summed E-state index contributed by atoms with van der Waals surface area (Å²) in [5, 5.41) is 20.3. The normalized spacial score (nSPS) is 15.4. The highest BCUT2D eigenvalue weighted by Crippen LogP contribution is 2.44. The first-order chi connectivity index (χ1) is 24.3. The molecule has 1 amide bonds. The predicted octanol–water partition coefficient (Wildman–Crippen LogP) is 9.05. The van der Waals surface area contributed by atoms with Crippen LogP contribution in [0.4, 0.5) is 9.52 Å². The fraction of sp³-hybridized carbons (Fsp3) is 0.231. The van der Waals surface area contributed by atoms with Gasteiger partial charge in [0, 0.05) is 11.3 Å². The monoisotopic (exact) mass is 709 g/mol. The Labute approximate surface area is 298 Å². The molecule has 1 aliphatic rings. The van der Waals surface area contributed by atoms with Crippen molar-refractivity contribution in [2.45, 2.75) is 55.9 Å². The van der Waals surface area contributed by atoms with Crippen LogP contribution in [0.2, 0.25) is 0 Å². The summed E-state index contributed by atoms with van der Waals surface area (Å²) in [5.41, 5.74) is 3.54. The molecule has 1 atom stereocenters. The molecule has 6 rings (SSSR count). The fourth-order valence-electron chi connectivity index (χ4n) is 5.58. The van der Waals surface area contributed by atoms with E-state index in [1.54, 1.807) is 66.7 Å². The van der Waals surface area contributed by atoms with Crippen molar-refractivity contribution in [1.29, 1.82) is 0 Å². The van der Waals surface area contributed by atoms with E-state index in [0.29, 0.717) is 51.5 Å². The number of benzene rings is 4. The lowest BCUT2D eigenvalue weighted by atomic mass is 9.95. The largest absolute Gasteiger partial charge is 0.507 e. The molecule has 1 fully saturated rings. The molecule has 0 bridgehead atoms. The highest BCUT2D eigenvalue weighted by atomic mass is 32.2. The predicted molar refractivity (Wildman–Crippen MR) is 194 cm³/mol. The van der Waals surface area contributed by atoms with E-state index < -0.39 is 17.7 Å². The van der Waals surface area contributed by atoms with Crippen molar-refractivity contribution in [1.82, 2.24) is 10.2 Å². The van der Waals surface area contributed by atoms with Gasteiger partial charge in [-0.1, -0.05) is 103 Å². The van der Waals surface area contributed by atoms with E-state index in [0.717, 1.165) is 41.7 Å². The van der Waals surface area contributed by atoms with Crippen LogP contribution in [0.15, 0.2) is 107 Å². The zero-order valence-corrected chi connectivity index (χ0v) is 29.3. The molecule has 0 spiro atoms. The Kier molecular flexibility index (Phi) is 11.2. The Hall–Kier alpha value is -5.00. The Bertz CT molecular complexity index is 2000. The number of aryl methyl sites for hydroxylation is 1. The molecule has 4 aromatic carbocycles. The minimum atomic E-state index is -0.987. The average molecular weight is 710 g/mol. The van der Waals surface area contributed by atoms with Crippen molar-refractivity contribution >= 4 is 45.7 Å². The third-order valence-electron chi connectivity index (χ3n) is 8.18. The summed E-state index contributed by atoms with van der Waals surface area (Å²) < 4.78 is 26.6. The van der Waals surface area contributed by atoms with Crippen molar-refractivity contribution < 1.29 is 28.6 Å². The highest BCUT2D eigenvalue weighted by Gasteiger charge is 2.48. The van der Waals surface area contributed by atoms with Gasteiger partial charge in [0.05, 0.1) is 18.2 Å². The van der Waals surface area contributed by atoms with Crippen LogP contribution in [0.25, 0.3) is 5.76 Å². The Morgan fingerprint density at radius 3 is 2.40 bits per heavy atom. The van der Waals surface area contributed by atoms with Crippen LogP contribution in [-0.4, -0.2) is 33.6 Å². The highest BCUT2D eigenvalue weighted by molar-refractivity contribution is 8.00. The Morgan fingerprint density at radius 2 is 1.66 bits per heavy atom. The first-order valence-electron chi connectivity index (χ1n) is 16.3. The minimum Gasteiger partial charge on any atom is -0.507 e. The molecule has 0 aliphatic carbocycles. The summed E-state index contributed by atoms with van der Waals surface area (Å²) in [6, 6.07) is 27.4. The third-order valence-corrected chi connectivity index (χ3v) is 10.3. The summed E-state index contributed by atoms with van der Waals surface area (Å²) in [5.74, 6) is -0.763. The minimum absolute atomic E-state index is 0.0733. The number of Topliss-reactive ketones (excluding diaryl/α,β-unsaturated/α-hetero) is 1. The Morgan fingerprint density at radius 1 is 0.920 bits per heavy atom. The van der Waals surface area contributed by atoms with Crippen LogP contribution in [0.5, 0.6) is 11.5 Å². The number of aromatic nitrogens is 2. The molecular weight excluding hydrogens is 674 g/mol. The molecule has 2 heterocycles. The molecule has 1 saturated heterocycles. The summed E-state index contributed by atoms with van der Waals surface area (Å²) in [6.07, 6.45) is 3.08. The van der Waals surface area contributed by atoms with Gasteiger partial charge in [-0.3, -0.25) is 14.5 Å². The Balaban J connectivity index is 1.29. The van der Waals surface area contributed by atoms with Crippen LogP contribution >= 0.6 is 23.1 Å². The lowest BCUT2D eigenvalue weighted by Gasteiger charge is -2.22. The summed E-state index contributed by atoms with van der Waals surface area (Å²) in [4.78, 5) is 28.7. The van der Waals surface area contributed by atoms with Gasteiger partial charge in [-0.15, -0.1) is 10.2 Å². The molecule has 0 radical (unpaired) electrons. The molecule has 1 N–H and O–H groups in total. The number of ketones is 1. The molecule has 8 nitrogen and oxygen atoms in total. The van der Waals surface area contributed by atoms with Gasteiger partial charge in [-0.25, -0.2) is 4.39 Å². The number of aliphatic hydroxyl groups excluding tert-OH is 1. The van der Waals surface area contributed by atoms with Crippen molar-refractivity contribution in [2.75, 3.05) is 11.5 Å². The van der Waals surface area contributed by atoms with E-state index in [2.05, 4.69) is 17.1 Å². The maximum atomic E-state index is 14.2. The molecule has 11 heteroatoms. The lowest BCUT2D eigenvalue weighted by Crippen LogP contribution is -2.29. The van der Waals surface area contributed by atoms with E-state index in [4.69, 9.17) is 9.47 Å².